The summed E-state index contributed by atoms with van der Waals surface area (Å²) in [5, 5.41) is 3.78. The minimum Gasteiger partial charge on any atom is -0.497 e. The van der Waals surface area contributed by atoms with Crippen LogP contribution in [-0.2, 0) is 17.9 Å². The second-order valence-electron chi connectivity index (χ2n) is 5.37. The SMILES string of the molecule is COCc1c(C(=O)NCc2cccc(OC)c2)oc2ccccc12. The zero-order chi connectivity index (χ0) is 16.9. The van der Waals surface area contributed by atoms with Gasteiger partial charge in [0.25, 0.3) is 5.91 Å². The first kappa shape index (κ1) is 16.1. The second-order valence-corrected chi connectivity index (χ2v) is 5.37. The summed E-state index contributed by atoms with van der Waals surface area (Å²) in [5.41, 5.74) is 2.39. The first-order valence-corrected chi connectivity index (χ1v) is 7.63. The first-order chi connectivity index (χ1) is 11.7. The van der Waals surface area contributed by atoms with Crippen molar-refractivity contribution in [3.05, 3.63) is 65.4 Å². The van der Waals surface area contributed by atoms with E-state index in [1.807, 2.05) is 48.5 Å². The molecule has 24 heavy (non-hydrogen) atoms. The van der Waals surface area contributed by atoms with Gasteiger partial charge in [0.05, 0.1) is 13.7 Å². The van der Waals surface area contributed by atoms with Gasteiger partial charge in [-0.2, -0.15) is 0 Å². The summed E-state index contributed by atoms with van der Waals surface area (Å²) in [6, 6.07) is 15.1. The Morgan fingerprint density at radius 1 is 1.12 bits per heavy atom. The molecule has 124 valence electrons. The van der Waals surface area contributed by atoms with E-state index in [-0.39, 0.29) is 5.91 Å². The van der Waals surface area contributed by atoms with Crippen molar-refractivity contribution < 1.29 is 18.7 Å². The van der Waals surface area contributed by atoms with Gasteiger partial charge in [0, 0.05) is 24.6 Å². The predicted octanol–water partition coefficient (Wildman–Crippen LogP) is 3.52. The molecule has 0 aliphatic heterocycles. The molecule has 0 aliphatic carbocycles. The van der Waals surface area contributed by atoms with Gasteiger partial charge in [0.15, 0.2) is 5.76 Å². The number of furan rings is 1. The number of carbonyl (C=O) groups excluding carboxylic acids is 1. The number of methoxy groups -OCH3 is 2. The molecule has 0 spiro atoms. The lowest BCUT2D eigenvalue weighted by molar-refractivity contribution is 0.0918. The molecule has 1 aromatic heterocycles. The maximum atomic E-state index is 12.5. The molecule has 0 aliphatic rings. The number of para-hydroxylation sites is 1. The van der Waals surface area contributed by atoms with Crippen LogP contribution >= 0.6 is 0 Å². The van der Waals surface area contributed by atoms with Crippen LogP contribution in [0.3, 0.4) is 0 Å². The third kappa shape index (κ3) is 3.26. The number of nitrogens with one attached hydrogen (secondary N) is 1. The van der Waals surface area contributed by atoms with Crippen LogP contribution in [0.1, 0.15) is 21.7 Å². The Morgan fingerprint density at radius 2 is 1.96 bits per heavy atom. The van der Waals surface area contributed by atoms with Crippen LogP contribution in [0.15, 0.2) is 52.9 Å². The highest BCUT2D eigenvalue weighted by atomic mass is 16.5. The van der Waals surface area contributed by atoms with Crippen molar-refractivity contribution in [3.63, 3.8) is 0 Å². The molecule has 1 amide bonds. The standard InChI is InChI=1S/C19H19NO4/c1-22-12-16-15-8-3-4-9-17(15)24-18(16)19(21)20-11-13-6-5-7-14(10-13)23-2/h3-10H,11-12H2,1-2H3,(H,20,21). The van der Waals surface area contributed by atoms with E-state index in [9.17, 15) is 4.79 Å². The Morgan fingerprint density at radius 3 is 2.75 bits per heavy atom. The number of ether oxygens (including phenoxy) is 2. The largest absolute Gasteiger partial charge is 0.497 e. The Kier molecular flexibility index (Phi) is 4.82. The molecule has 0 saturated heterocycles. The molecule has 0 atom stereocenters. The highest BCUT2D eigenvalue weighted by Gasteiger charge is 2.20. The lowest BCUT2D eigenvalue weighted by Crippen LogP contribution is -2.23. The summed E-state index contributed by atoms with van der Waals surface area (Å²) in [6.45, 7) is 0.707. The molecule has 5 nitrogen and oxygen atoms in total. The monoisotopic (exact) mass is 325 g/mol. The van der Waals surface area contributed by atoms with Crippen molar-refractivity contribution in [1.82, 2.24) is 5.32 Å². The molecule has 2 aromatic carbocycles. The average molecular weight is 325 g/mol. The first-order valence-electron chi connectivity index (χ1n) is 7.63. The average Bonchev–Trinajstić information content (AvgIpc) is 2.99. The van der Waals surface area contributed by atoms with E-state index >= 15 is 0 Å². The molecule has 0 saturated carbocycles. The van der Waals surface area contributed by atoms with Crippen LogP contribution < -0.4 is 10.1 Å². The quantitative estimate of drug-likeness (QED) is 0.753. The molecule has 0 radical (unpaired) electrons. The van der Waals surface area contributed by atoms with Crippen LogP contribution in [-0.4, -0.2) is 20.1 Å². The molecule has 1 heterocycles. The normalized spacial score (nSPS) is 10.8. The van der Waals surface area contributed by atoms with Crippen LogP contribution in [0.4, 0.5) is 0 Å². The van der Waals surface area contributed by atoms with Gasteiger partial charge in [-0.25, -0.2) is 0 Å². The van der Waals surface area contributed by atoms with E-state index in [0.29, 0.717) is 24.5 Å². The number of benzene rings is 2. The van der Waals surface area contributed by atoms with Gasteiger partial charge in [0.2, 0.25) is 0 Å². The van der Waals surface area contributed by atoms with Crippen molar-refractivity contribution in [2.75, 3.05) is 14.2 Å². The summed E-state index contributed by atoms with van der Waals surface area (Å²) in [4.78, 5) is 12.5. The van der Waals surface area contributed by atoms with E-state index in [1.54, 1.807) is 14.2 Å². The fourth-order valence-corrected chi connectivity index (χ4v) is 2.61. The summed E-state index contributed by atoms with van der Waals surface area (Å²) in [7, 11) is 3.21. The highest BCUT2D eigenvalue weighted by molar-refractivity contribution is 5.99. The van der Waals surface area contributed by atoms with Gasteiger partial charge < -0.3 is 19.2 Å². The Bertz CT molecular complexity index is 853. The van der Waals surface area contributed by atoms with Gasteiger partial charge in [-0.1, -0.05) is 30.3 Å². The second kappa shape index (κ2) is 7.19. The van der Waals surface area contributed by atoms with Gasteiger partial charge in [-0.15, -0.1) is 0 Å². The number of hydrogen-bond donors (Lipinski definition) is 1. The van der Waals surface area contributed by atoms with Crippen molar-refractivity contribution in [2.45, 2.75) is 13.2 Å². The Balaban J connectivity index is 1.81. The maximum absolute atomic E-state index is 12.5. The predicted molar refractivity (Wildman–Crippen MR) is 91.1 cm³/mol. The molecule has 1 N–H and O–H groups in total. The third-order valence-electron chi connectivity index (χ3n) is 3.78. The number of rotatable bonds is 6. The molecule has 0 fully saturated rings. The third-order valence-corrected chi connectivity index (χ3v) is 3.78. The molecule has 0 bridgehead atoms. The van der Waals surface area contributed by atoms with E-state index < -0.39 is 0 Å². The van der Waals surface area contributed by atoms with Crippen molar-refractivity contribution >= 4 is 16.9 Å². The van der Waals surface area contributed by atoms with Crippen molar-refractivity contribution in [1.29, 1.82) is 0 Å². The van der Waals surface area contributed by atoms with E-state index in [1.165, 1.54) is 0 Å². The molecule has 5 heteroatoms. The number of carbonyl (C=O) groups is 1. The Hall–Kier alpha value is -2.79. The van der Waals surface area contributed by atoms with E-state index in [0.717, 1.165) is 22.3 Å². The molecule has 0 unspecified atom stereocenters. The van der Waals surface area contributed by atoms with Gasteiger partial charge in [-0.3, -0.25) is 4.79 Å². The Labute approximate surface area is 140 Å². The minimum atomic E-state index is -0.263. The maximum Gasteiger partial charge on any atom is 0.287 e. The number of fused-ring (bicyclic) bond motifs is 1. The molecule has 3 aromatic rings. The topological polar surface area (TPSA) is 60.7 Å². The summed E-state index contributed by atoms with van der Waals surface area (Å²) in [5.74, 6) is 0.785. The zero-order valence-corrected chi connectivity index (χ0v) is 13.7. The molecule has 3 rings (SSSR count). The fraction of sp³-hybridized carbons (Fsp3) is 0.211. The van der Waals surface area contributed by atoms with E-state index in [2.05, 4.69) is 5.32 Å². The summed E-state index contributed by atoms with van der Waals surface area (Å²) < 4.78 is 16.1. The van der Waals surface area contributed by atoms with Crippen molar-refractivity contribution in [2.24, 2.45) is 0 Å². The van der Waals surface area contributed by atoms with Crippen molar-refractivity contribution in [3.8, 4) is 5.75 Å². The smallest absolute Gasteiger partial charge is 0.287 e. The molecular weight excluding hydrogens is 306 g/mol. The number of hydrogen-bond acceptors (Lipinski definition) is 4. The summed E-state index contributed by atoms with van der Waals surface area (Å²) in [6.07, 6.45) is 0. The molecular formula is C19H19NO4. The van der Waals surface area contributed by atoms with Gasteiger partial charge >= 0.3 is 0 Å². The summed E-state index contributed by atoms with van der Waals surface area (Å²) >= 11 is 0. The minimum absolute atomic E-state index is 0.263. The van der Waals surface area contributed by atoms with Crippen LogP contribution in [0.5, 0.6) is 5.75 Å². The fourth-order valence-electron chi connectivity index (χ4n) is 2.61. The lowest BCUT2D eigenvalue weighted by atomic mass is 10.1. The van der Waals surface area contributed by atoms with Crippen LogP contribution in [0, 0.1) is 0 Å². The van der Waals surface area contributed by atoms with Crippen LogP contribution in [0.2, 0.25) is 0 Å². The zero-order valence-electron chi connectivity index (χ0n) is 13.7. The van der Waals surface area contributed by atoms with E-state index in [4.69, 9.17) is 13.9 Å². The number of amides is 1. The van der Waals surface area contributed by atoms with Crippen LogP contribution in [0.25, 0.3) is 11.0 Å². The highest BCUT2D eigenvalue weighted by Crippen LogP contribution is 2.26. The van der Waals surface area contributed by atoms with Gasteiger partial charge in [0.1, 0.15) is 11.3 Å². The van der Waals surface area contributed by atoms with Gasteiger partial charge in [-0.05, 0) is 23.8 Å². The lowest BCUT2D eigenvalue weighted by Gasteiger charge is -2.07.